The lowest BCUT2D eigenvalue weighted by molar-refractivity contribution is -0.133. The minimum atomic E-state index is 0.143. The summed E-state index contributed by atoms with van der Waals surface area (Å²) in [5.41, 5.74) is 5.76. The Bertz CT molecular complexity index is 422. The van der Waals surface area contributed by atoms with Crippen molar-refractivity contribution in [1.29, 1.82) is 0 Å². The molecule has 4 heteroatoms. The predicted molar refractivity (Wildman–Crippen MR) is 79.0 cm³/mol. The van der Waals surface area contributed by atoms with E-state index in [0.29, 0.717) is 25.6 Å². The molecular weight excluding hydrogens is 252 g/mol. The van der Waals surface area contributed by atoms with Crippen LogP contribution >= 0.6 is 0 Å². The van der Waals surface area contributed by atoms with Gasteiger partial charge in [0.05, 0.1) is 12.8 Å². The first-order chi connectivity index (χ1) is 9.52. The maximum absolute atomic E-state index is 12.5. The van der Waals surface area contributed by atoms with Crippen LogP contribution in [0.5, 0.6) is 0 Å². The molecule has 1 aliphatic carbocycles. The third-order valence-electron chi connectivity index (χ3n) is 4.05. The molecule has 0 radical (unpaired) electrons. The summed E-state index contributed by atoms with van der Waals surface area (Å²) in [5, 5.41) is 0. The first kappa shape index (κ1) is 15.1. The van der Waals surface area contributed by atoms with Crippen LogP contribution in [0, 0.1) is 5.41 Å². The van der Waals surface area contributed by atoms with E-state index in [1.807, 2.05) is 17.0 Å². The molecule has 0 aromatic carbocycles. The molecule has 1 heterocycles. The second-order valence-corrected chi connectivity index (χ2v) is 6.54. The summed E-state index contributed by atoms with van der Waals surface area (Å²) >= 11 is 0. The fourth-order valence-electron chi connectivity index (χ4n) is 2.48. The van der Waals surface area contributed by atoms with Gasteiger partial charge in [0.1, 0.15) is 5.76 Å². The van der Waals surface area contributed by atoms with Gasteiger partial charge in [-0.05, 0) is 49.8 Å². The molecule has 4 nitrogen and oxygen atoms in total. The molecule has 112 valence electrons. The van der Waals surface area contributed by atoms with E-state index in [1.165, 1.54) is 0 Å². The van der Waals surface area contributed by atoms with Crippen LogP contribution in [0.15, 0.2) is 22.8 Å². The van der Waals surface area contributed by atoms with Crippen molar-refractivity contribution >= 4 is 5.91 Å². The summed E-state index contributed by atoms with van der Waals surface area (Å²) in [5.74, 6) is 1.11. The lowest BCUT2D eigenvalue weighted by Gasteiger charge is -2.26. The minimum absolute atomic E-state index is 0.143. The van der Waals surface area contributed by atoms with Crippen LogP contribution in [0.1, 0.15) is 51.7 Å². The molecule has 0 saturated heterocycles. The number of nitrogens with zero attached hydrogens (tertiary/aromatic N) is 1. The summed E-state index contributed by atoms with van der Waals surface area (Å²) in [6.45, 7) is 5.65. The van der Waals surface area contributed by atoms with Crippen molar-refractivity contribution in [2.75, 3.05) is 6.54 Å². The van der Waals surface area contributed by atoms with Crippen molar-refractivity contribution in [3.63, 3.8) is 0 Å². The van der Waals surface area contributed by atoms with Gasteiger partial charge in [0.2, 0.25) is 5.91 Å². The van der Waals surface area contributed by atoms with E-state index in [-0.39, 0.29) is 11.3 Å². The lowest BCUT2D eigenvalue weighted by Crippen LogP contribution is -2.33. The summed E-state index contributed by atoms with van der Waals surface area (Å²) in [7, 11) is 0. The van der Waals surface area contributed by atoms with Crippen LogP contribution in [0.3, 0.4) is 0 Å². The zero-order chi connectivity index (χ0) is 14.6. The fraction of sp³-hybridized carbons (Fsp3) is 0.688. The number of hydrogen-bond acceptors (Lipinski definition) is 3. The summed E-state index contributed by atoms with van der Waals surface area (Å²) in [6, 6.07) is 4.22. The maximum Gasteiger partial charge on any atom is 0.223 e. The highest BCUT2D eigenvalue weighted by molar-refractivity contribution is 5.76. The Hall–Kier alpha value is -1.29. The molecule has 0 bridgehead atoms. The van der Waals surface area contributed by atoms with E-state index in [2.05, 4.69) is 13.8 Å². The quantitative estimate of drug-likeness (QED) is 0.795. The van der Waals surface area contributed by atoms with Crippen LogP contribution < -0.4 is 5.73 Å². The first-order valence-corrected chi connectivity index (χ1v) is 7.54. The van der Waals surface area contributed by atoms with Crippen LogP contribution in [0.25, 0.3) is 0 Å². The van der Waals surface area contributed by atoms with Gasteiger partial charge < -0.3 is 15.1 Å². The third kappa shape index (κ3) is 4.37. The molecule has 20 heavy (non-hydrogen) atoms. The Kier molecular flexibility index (Phi) is 4.86. The van der Waals surface area contributed by atoms with Gasteiger partial charge in [-0.15, -0.1) is 0 Å². The van der Waals surface area contributed by atoms with E-state index in [1.54, 1.807) is 6.26 Å². The topological polar surface area (TPSA) is 59.5 Å². The molecular formula is C16H26N2O2. The van der Waals surface area contributed by atoms with Gasteiger partial charge in [0, 0.05) is 12.5 Å². The highest BCUT2D eigenvalue weighted by Crippen LogP contribution is 2.31. The minimum Gasteiger partial charge on any atom is -0.467 e. The summed E-state index contributed by atoms with van der Waals surface area (Å²) in [6.07, 6.45) is 6.36. The standard InChI is InChI=1S/C16H26N2O2/c1-16(2,9-10-17)8-7-15(19)18(13-5-6-13)12-14-4-3-11-20-14/h3-4,11,13H,5-10,12,17H2,1-2H3. The highest BCUT2D eigenvalue weighted by Gasteiger charge is 2.33. The Balaban J connectivity index is 1.87. The van der Waals surface area contributed by atoms with Gasteiger partial charge >= 0.3 is 0 Å². The van der Waals surface area contributed by atoms with Crippen LogP contribution in [0.4, 0.5) is 0 Å². The first-order valence-electron chi connectivity index (χ1n) is 7.54. The second-order valence-electron chi connectivity index (χ2n) is 6.54. The largest absolute Gasteiger partial charge is 0.467 e. The van der Waals surface area contributed by atoms with Gasteiger partial charge in [0.15, 0.2) is 0 Å². The molecule has 1 aromatic rings. The highest BCUT2D eigenvalue weighted by atomic mass is 16.3. The molecule has 0 unspecified atom stereocenters. The number of nitrogens with two attached hydrogens (primary N) is 1. The third-order valence-corrected chi connectivity index (χ3v) is 4.05. The van der Waals surface area contributed by atoms with Crippen molar-refractivity contribution in [3.05, 3.63) is 24.2 Å². The van der Waals surface area contributed by atoms with E-state index in [9.17, 15) is 4.79 Å². The van der Waals surface area contributed by atoms with Crippen molar-refractivity contribution < 1.29 is 9.21 Å². The monoisotopic (exact) mass is 278 g/mol. The molecule has 0 spiro atoms. The smallest absolute Gasteiger partial charge is 0.223 e. The van der Waals surface area contributed by atoms with Crippen LogP contribution in [0.2, 0.25) is 0 Å². The SMILES string of the molecule is CC(C)(CCN)CCC(=O)N(Cc1ccco1)C1CC1. The number of amides is 1. The summed E-state index contributed by atoms with van der Waals surface area (Å²) in [4.78, 5) is 14.4. The van der Waals surface area contributed by atoms with E-state index in [4.69, 9.17) is 10.2 Å². The fourth-order valence-corrected chi connectivity index (χ4v) is 2.48. The Morgan fingerprint density at radius 1 is 1.45 bits per heavy atom. The molecule has 0 aliphatic heterocycles. The Morgan fingerprint density at radius 3 is 2.75 bits per heavy atom. The van der Waals surface area contributed by atoms with Gasteiger partial charge in [0.25, 0.3) is 0 Å². The summed E-state index contributed by atoms with van der Waals surface area (Å²) < 4.78 is 5.37. The molecule has 1 aromatic heterocycles. The zero-order valence-electron chi connectivity index (χ0n) is 12.6. The average Bonchev–Trinajstić information content (AvgIpc) is 3.10. The molecule has 1 saturated carbocycles. The number of furan rings is 1. The van der Waals surface area contributed by atoms with Crippen LogP contribution in [-0.2, 0) is 11.3 Å². The van der Waals surface area contributed by atoms with E-state index in [0.717, 1.165) is 31.4 Å². The normalized spacial score (nSPS) is 15.3. The van der Waals surface area contributed by atoms with Crippen molar-refractivity contribution in [3.8, 4) is 0 Å². The lowest BCUT2D eigenvalue weighted by atomic mass is 9.84. The molecule has 1 amide bonds. The molecule has 1 fully saturated rings. The molecule has 2 rings (SSSR count). The van der Waals surface area contributed by atoms with Gasteiger partial charge in [-0.2, -0.15) is 0 Å². The Morgan fingerprint density at radius 2 is 2.20 bits per heavy atom. The van der Waals surface area contributed by atoms with Gasteiger partial charge in [-0.3, -0.25) is 4.79 Å². The molecule has 1 aliphatic rings. The van der Waals surface area contributed by atoms with Crippen molar-refractivity contribution in [2.24, 2.45) is 11.1 Å². The van der Waals surface area contributed by atoms with Crippen molar-refractivity contribution in [1.82, 2.24) is 4.90 Å². The number of hydrogen-bond donors (Lipinski definition) is 1. The van der Waals surface area contributed by atoms with E-state index < -0.39 is 0 Å². The molecule has 2 N–H and O–H groups in total. The maximum atomic E-state index is 12.5. The van der Waals surface area contributed by atoms with Crippen molar-refractivity contribution in [2.45, 2.75) is 58.5 Å². The van der Waals surface area contributed by atoms with Gasteiger partial charge in [-0.25, -0.2) is 0 Å². The predicted octanol–water partition coefficient (Wildman–Crippen LogP) is 2.93. The number of carbonyl (C=O) groups is 1. The average molecular weight is 278 g/mol. The van der Waals surface area contributed by atoms with E-state index >= 15 is 0 Å². The molecule has 0 atom stereocenters. The number of rotatable bonds is 8. The van der Waals surface area contributed by atoms with Crippen LogP contribution in [-0.4, -0.2) is 23.4 Å². The zero-order valence-corrected chi connectivity index (χ0v) is 12.6. The number of carbonyl (C=O) groups excluding carboxylic acids is 1. The Labute approximate surface area is 121 Å². The second kappa shape index (κ2) is 6.44. The van der Waals surface area contributed by atoms with Gasteiger partial charge in [-0.1, -0.05) is 13.8 Å².